The van der Waals surface area contributed by atoms with Gasteiger partial charge in [0.15, 0.2) is 0 Å². The molecule has 0 bridgehead atoms. The molecule has 2 atom stereocenters. The molecule has 1 aromatic heterocycles. The highest BCUT2D eigenvalue weighted by atomic mass is 19.4. The minimum atomic E-state index is -4.66. The smallest absolute Gasteiger partial charge is 0.385 e. The Balaban J connectivity index is 0.000000327. The van der Waals surface area contributed by atoms with Crippen molar-refractivity contribution in [3.63, 3.8) is 0 Å². The number of piperidine rings is 1. The normalized spacial score (nSPS) is 16.7. The highest BCUT2D eigenvalue weighted by Crippen LogP contribution is 2.46. The summed E-state index contributed by atoms with van der Waals surface area (Å²) in [5, 5.41) is 4.42. The van der Waals surface area contributed by atoms with Gasteiger partial charge in [0.05, 0.1) is 22.1 Å². The van der Waals surface area contributed by atoms with Gasteiger partial charge in [0, 0.05) is 39.2 Å². The van der Waals surface area contributed by atoms with Crippen LogP contribution in [0, 0.1) is 18.3 Å². The van der Waals surface area contributed by atoms with Crippen molar-refractivity contribution >= 4 is 28.0 Å². The molecule has 53 heavy (non-hydrogen) atoms. The maximum Gasteiger partial charge on any atom is 0.417 e. The van der Waals surface area contributed by atoms with Crippen LogP contribution in [0.1, 0.15) is 51.2 Å². The molecule has 12 heteroatoms. The standard InChI is InChI=1S/C22H16F3NO.C14H24F3NO.C3H9N.C2H4O/c1-13-7-5-10-15-14(13)9-6-11-16(15)19-20(22(23,24)25)17-8-3-4-12-18(17)26(2)21(19)27;1-4-13(14(15,16)17)7-5-8-18(11-13)10-12(2)6-9-19-3;1-3-4-2;1-2-3/h3-12H,1-2H3;4,12H,1,5-11H2,2-3H3;4H,3H2,1-2H3;2H,1H3. The number of ether oxygens (including phenoxy) is 1. The number of halogens is 6. The van der Waals surface area contributed by atoms with Gasteiger partial charge in [-0.15, -0.1) is 6.58 Å². The number of alkyl halides is 6. The minimum absolute atomic E-state index is 0.0201. The summed E-state index contributed by atoms with van der Waals surface area (Å²) in [6, 6.07) is 16.7. The molecule has 0 saturated carbocycles. The van der Waals surface area contributed by atoms with E-state index in [1.165, 1.54) is 30.7 Å². The first kappa shape index (κ1) is 45.2. The first-order valence-electron chi connectivity index (χ1n) is 17.6. The molecule has 1 N–H and O–H groups in total. The third kappa shape index (κ3) is 11.5. The quantitative estimate of drug-likeness (QED) is 0.111. The van der Waals surface area contributed by atoms with E-state index in [1.807, 2.05) is 31.0 Å². The van der Waals surface area contributed by atoms with Crippen LogP contribution in [0.2, 0.25) is 0 Å². The van der Waals surface area contributed by atoms with E-state index in [4.69, 9.17) is 9.53 Å². The van der Waals surface area contributed by atoms with Crippen LogP contribution in [0.5, 0.6) is 0 Å². The number of pyridine rings is 1. The van der Waals surface area contributed by atoms with Crippen molar-refractivity contribution in [2.24, 2.45) is 18.4 Å². The third-order valence-electron chi connectivity index (χ3n) is 9.29. The molecule has 2 heterocycles. The van der Waals surface area contributed by atoms with Gasteiger partial charge in [0.1, 0.15) is 6.29 Å². The van der Waals surface area contributed by atoms with Crippen molar-refractivity contribution in [2.75, 3.05) is 46.9 Å². The molecule has 0 aliphatic carbocycles. The number of aldehydes is 1. The lowest BCUT2D eigenvalue weighted by molar-refractivity contribution is -0.220. The second-order valence-electron chi connectivity index (χ2n) is 13.1. The van der Waals surface area contributed by atoms with Gasteiger partial charge in [-0.1, -0.05) is 74.5 Å². The van der Waals surface area contributed by atoms with Gasteiger partial charge in [-0.2, -0.15) is 26.3 Å². The van der Waals surface area contributed by atoms with Crippen LogP contribution < -0.4 is 10.9 Å². The van der Waals surface area contributed by atoms with Gasteiger partial charge in [-0.3, -0.25) is 4.79 Å². The van der Waals surface area contributed by atoms with Gasteiger partial charge in [0.2, 0.25) is 0 Å². The molecule has 1 aliphatic heterocycles. The van der Waals surface area contributed by atoms with Crippen molar-refractivity contribution in [2.45, 2.75) is 59.3 Å². The van der Waals surface area contributed by atoms with E-state index >= 15 is 0 Å². The predicted octanol–water partition coefficient (Wildman–Crippen LogP) is 9.61. The van der Waals surface area contributed by atoms with Gasteiger partial charge < -0.3 is 24.3 Å². The van der Waals surface area contributed by atoms with Gasteiger partial charge in [-0.25, -0.2) is 0 Å². The molecule has 1 fully saturated rings. The van der Waals surface area contributed by atoms with Crippen LogP contribution >= 0.6 is 0 Å². The monoisotopic (exact) mass is 749 g/mol. The average Bonchev–Trinajstić information content (AvgIpc) is 3.12. The Bertz CT molecular complexity index is 1830. The van der Waals surface area contributed by atoms with E-state index in [9.17, 15) is 31.1 Å². The van der Waals surface area contributed by atoms with Gasteiger partial charge in [0.25, 0.3) is 5.56 Å². The maximum absolute atomic E-state index is 14.1. The molecule has 0 amide bonds. The molecule has 2 unspecified atom stereocenters. The lowest BCUT2D eigenvalue weighted by Gasteiger charge is -2.42. The summed E-state index contributed by atoms with van der Waals surface area (Å²) in [6.45, 7) is 14.1. The summed E-state index contributed by atoms with van der Waals surface area (Å²) in [6.07, 6.45) is -5.41. The number of nitrogens with one attached hydrogen (secondary N) is 1. The van der Waals surface area contributed by atoms with Crippen molar-refractivity contribution in [3.8, 4) is 11.1 Å². The summed E-state index contributed by atoms with van der Waals surface area (Å²) in [4.78, 5) is 23.8. The molecular formula is C41H53F6N3O3. The molecule has 6 nitrogen and oxygen atoms in total. The number of nitrogens with zero attached hydrogens (tertiary/aromatic N) is 2. The minimum Gasteiger partial charge on any atom is -0.385 e. The number of hydrogen-bond acceptors (Lipinski definition) is 5. The number of carbonyl (C=O) groups excluding carboxylic acids is 1. The Hall–Kier alpha value is -4.00. The third-order valence-corrected chi connectivity index (χ3v) is 9.29. The van der Waals surface area contributed by atoms with Crippen molar-refractivity contribution in [1.29, 1.82) is 0 Å². The maximum atomic E-state index is 14.1. The van der Waals surface area contributed by atoms with Gasteiger partial charge >= 0.3 is 12.4 Å². The number of aryl methyl sites for hydroxylation is 2. The highest BCUT2D eigenvalue weighted by Gasteiger charge is 2.54. The van der Waals surface area contributed by atoms with E-state index in [1.54, 1.807) is 43.5 Å². The zero-order valence-electron chi connectivity index (χ0n) is 31.8. The number of likely N-dealkylation sites (tertiary alicyclic amines) is 1. The fourth-order valence-corrected chi connectivity index (χ4v) is 6.42. The predicted molar refractivity (Wildman–Crippen MR) is 203 cm³/mol. The highest BCUT2D eigenvalue weighted by molar-refractivity contribution is 6.01. The number of methoxy groups -OCH3 is 1. The number of aromatic nitrogens is 1. The lowest BCUT2D eigenvalue weighted by atomic mass is 9.79. The van der Waals surface area contributed by atoms with Crippen molar-refractivity contribution in [1.82, 2.24) is 14.8 Å². The second-order valence-corrected chi connectivity index (χ2v) is 13.1. The number of carbonyl (C=O) groups is 1. The molecule has 0 radical (unpaired) electrons. The van der Waals surface area contributed by atoms with Gasteiger partial charge in [-0.05, 0) is 87.1 Å². The molecule has 5 rings (SSSR count). The summed E-state index contributed by atoms with van der Waals surface area (Å²) in [5.74, 6) is 0.341. The first-order valence-corrected chi connectivity index (χ1v) is 17.6. The Kier molecular flexibility index (Phi) is 17.4. The van der Waals surface area contributed by atoms with Crippen LogP contribution in [0.25, 0.3) is 32.8 Å². The van der Waals surface area contributed by atoms with E-state index in [-0.39, 0.29) is 29.4 Å². The zero-order chi connectivity index (χ0) is 40.0. The first-order chi connectivity index (χ1) is 25.0. The fourth-order valence-electron chi connectivity index (χ4n) is 6.42. The number of rotatable bonds is 8. The summed E-state index contributed by atoms with van der Waals surface area (Å²) < 4.78 is 88.2. The van der Waals surface area contributed by atoms with Crippen molar-refractivity contribution < 1.29 is 35.9 Å². The average molecular weight is 750 g/mol. The largest absolute Gasteiger partial charge is 0.417 e. The molecule has 1 saturated heterocycles. The lowest BCUT2D eigenvalue weighted by Crippen LogP contribution is -2.51. The van der Waals surface area contributed by atoms with Crippen LogP contribution in [-0.4, -0.2) is 68.9 Å². The second kappa shape index (κ2) is 20.5. The number of para-hydroxylation sites is 1. The topological polar surface area (TPSA) is 63.6 Å². The molecule has 0 spiro atoms. The van der Waals surface area contributed by atoms with Crippen LogP contribution in [-0.2, 0) is 22.8 Å². The Morgan fingerprint density at radius 2 is 1.58 bits per heavy atom. The molecular weight excluding hydrogens is 696 g/mol. The summed E-state index contributed by atoms with van der Waals surface area (Å²) in [7, 11) is 5.07. The van der Waals surface area contributed by atoms with E-state index in [2.05, 4.69) is 25.7 Å². The van der Waals surface area contributed by atoms with E-state index in [0.717, 1.165) is 42.8 Å². The summed E-state index contributed by atoms with van der Waals surface area (Å²) >= 11 is 0. The zero-order valence-corrected chi connectivity index (χ0v) is 31.8. The number of benzene rings is 3. The fraction of sp³-hybridized carbons (Fsp3) is 0.463. The molecule has 1 aliphatic rings. The Labute approximate surface area is 308 Å². The number of hydrogen-bond donors (Lipinski definition) is 1. The van der Waals surface area contributed by atoms with E-state index < -0.39 is 28.9 Å². The number of fused-ring (bicyclic) bond motifs is 2. The van der Waals surface area contributed by atoms with E-state index in [0.29, 0.717) is 36.4 Å². The van der Waals surface area contributed by atoms with Crippen molar-refractivity contribution in [3.05, 3.63) is 94.8 Å². The van der Waals surface area contributed by atoms with Crippen LogP contribution in [0.15, 0.2) is 78.1 Å². The Morgan fingerprint density at radius 1 is 1.00 bits per heavy atom. The summed E-state index contributed by atoms with van der Waals surface area (Å²) in [5.41, 5.74) is -2.07. The Morgan fingerprint density at radius 3 is 2.15 bits per heavy atom. The van der Waals surface area contributed by atoms with Crippen LogP contribution in [0.4, 0.5) is 26.3 Å². The SMILES string of the molecule is C=CC1(C(F)(F)F)CCCN(CC(C)CCOC)C1.CC=O.CCNC.Cc1cccc2c(-c3c(C(F)(F)F)c4ccccc4n(C)c3=O)cccc12. The van der Waals surface area contributed by atoms with Crippen LogP contribution in [0.3, 0.4) is 0 Å². The molecule has 3 aromatic carbocycles. The molecule has 4 aromatic rings. The molecule has 292 valence electrons.